The van der Waals surface area contributed by atoms with Gasteiger partial charge in [0.1, 0.15) is 0 Å². The van der Waals surface area contributed by atoms with E-state index in [1.165, 1.54) is 0 Å². The largest absolute Gasteiger partial charge is 0.481 e. The summed E-state index contributed by atoms with van der Waals surface area (Å²) in [7, 11) is 0. The van der Waals surface area contributed by atoms with Crippen LogP contribution in [0, 0.1) is 17.8 Å². The monoisotopic (exact) mass is 368 g/mol. The molecule has 0 amide bonds. The van der Waals surface area contributed by atoms with E-state index >= 15 is 0 Å². The number of carboxylic acid groups (broad SMARTS) is 1. The summed E-state index contributed by atoms with van der Waals surface area (Å²) in [6.45, 7) is 4.16. The van der Waals surface area contributed by atoms with Gasteiger partial charge in [0.25, 0.3) is 0 Å². The van der Waals surface area contributed by atoms with E-state index in [0.29, 0.717) is 32.1 Å². The summed E-state index contributed by atoms with van der Waals surface area (Å²) in [5.41, 5.74) is 0. The highest BCUT2D eigenvalue weighted by Crippen LogP contribution is 2.36. The van der Waals surface area contributed by atoms with Gasteiger partial charge in [-0.2, -0.15) is 0 Å². The van der Waals surface area contributed by atoms with Crippen LogP contribution in [0.4, 0.5) is 0 Å². The summed E-state index contributed by atoms with van der Waals surface area (Å²) < 4.78 is 0. The normalized spacial score (nSPS) is 28.8. The van der Waals surface area contributed by atoms with E-state index in [2.05, 4.69) is 6.92 Å². The molecule has 0 spiro atoms. The molecule has 26 heavy (non-hydrogen) atoms. The van der Waals surface area contributed by atoms with Gasteiger partial charge in [-0.05, 0) is 43.9 Å². The number of carbonyl (C=O) groups is 1. The van der Waals surface area contributed by atoms with Crippen LogP contribution in [0.5, 0.6) is 0 Å². The van der Waals surface area contributed by atoms with E-state index in [-0.39, 0.29) is 30.3 Å². The molecule has 1 aliphatic carbocycles. The molecule has 5 heteroatoms. The van der Waals surface area contributed by atoms with Crippen molar-refractivity contribution in [3.05, 3.63) is 24.3 Å². The van der Waals surface area contributed by atoms with Gasteiger partial charge in [-0.15, -0.1) is 0 Å². The van der Waals surface area contributed by atoms with Gasteiger partial charge in [0.15, 0.2) is 0 Å². The van der Waals surface area contributed by atoms with Gasteiger partial charge in [0, 0.05) is 18.8 Å². The summed E-state index contributed by atoms with van der Waals surface area (Å²) >= 11 is 0. The van der Waals surface area contributed by atoms with Crippen LogP contribution in [-0.4, -0.2) is 44.7 Å². The molecule has 0 aromatic carbocycles. The van der Waals surface area contributed by atoms with Crippen molar-refractivity contribution in [1.29, 1.82) is 0 Å². The number of aliphatic hydroxyl groups excluding tert-OH is 3. The van der Waals surface area contributed by atoms with Crippen LogP contribution in [0.25, 0.3) is 0 Å². The van der Waals surface area contributed by atoms with Crippen molar-refractivity contribution < 1.29 is 25.2 Å². The van der Waals surface area contributed by atoms with Crippen molar-refractivity contribution in [3.63, 3.8) is 0 Å². The summed E-state index contributed by atoms with van der Waals surface area (Å²) in [6, 6.07) is 0. The Balaban J connectivity index is 2.49. The quantitative estimate of drug-likeness (QED) is 0.313. The molecule has 0 heterocycles. The highest BCUT2D eigenvalue weighted by molar-refractivity contribution is 5.66. The Morgan fingerprint density at radius 1 is 1.19 bits per heavy atom. The minimum absolute atomic E-state index is 0.0396. The highest BCUT2D eigenvalue weighted by atomic mass is 16.4. The molecule has 4 N–H and O–H groups in total. The molecule has 0 aromatic rings. The van der Waals surface area contributed by atoms with E-state index in [1.54, 1.807) is 0 Å². The van der Waals surface area contributed by atoms with Crippen molar-refractivity contribution in [2.24, 2.45) is 17.8 Å². The maximum atomic E-state index is 10.5. The molecule has 1 rings (SSSR count). The maximum Gasteiger partial charge on any atom is 0.303 e. The molecule has 1 saturated carbocycles. The van der Waals surface area contributed by atoms with E-state index in [9.17, 15) is 20.1 Å². The number of allylic oxidation sites excluding steroid dienone is 2. The summed E-state index contributed by atoms with van der Waals surface area (Å²) in [6.07, 6.45) is 11.5. The van der Waals surface area contributed by atoms with Gasteiger partial charge in [0.2, 0.25) is 0 Å². The molecular formula is C21H36O5. The number of hydrogen-bond donors (Lipinski definition) is 4. The van der Waals surface area contributed by atoms with E-state index in [0.717, 1.165) is 12.8 Å². The summed E-state index contributed by atoms with van der Waals surface area (Å²) in [5, 5.41) is 39.2. The zero-order valence-corrected chi connectivity index (χ0v) is 16.1. The second-order valence-corrected chi connectivity index (χ2v) is 7.60. The van der Waals surface area contributed by atoms with Gasteiger partial charge in [0.05, 0.1) is 18.3 Å². The summed E-state index contributed by atoms with van der Waals surface area (Å²) in [4.78, 5) is 10.5. The Hall–Kier alpha value is -1.17. The van der Waals surface area contributed by atoms with Crippen LogP contribution in [0.1, 0.15) is 65.2 Å². The number of hydrogen-bond acceptors (Lipinski definition) is 4. The first-order chi connectivity index (χ1) is 12.4. The van der Waals surface area contributed by atoms with Crippen molar-refractivity contribution in [2.45, 2.75) is 83.5 Å². The third kappa shape index (κ3) is 8.02. The van der Waals surface area contributed by atoms with Gasteiger partial charge >= 0.3 is 5.97 Å². The van der Waals surface area contributed by atoms with Crippen molar-refractivity contribution in [3.8, 4) is 0 Å². The Labute approximate surface area is 157 Å². The first-order valence-corrected chi connectivity index (χ1v) is 9.94. The van der Waals surface area contributed by atoms with Gasteiger partial charge in [-0.25, -0.2) is 0 Å². The number of carboxylic acids is 1. The Bertz CT molecular complexity index is 459. The van der Waals surface area contributed by atoms with Crippen LogP contribution in [-0.2, 0) is 4.79 Å². The third-order valence-electron chi connectivity index (χ3n) is 5.39. The predicted octanol–water partition coefficient (Wildman–Crippen LogP) is 3.29. The predicted molar refractivity (Wildman–Crippen MR) is 103 cm³/mol. The van der Waals surface area contributed by atoms with Crippen LogP contribution in [0.3, 0.4) is 0 Å². The summed E-state index contributed by atoms with van der Waals surface area (Å²) in [5.74, 6) is -0.675. The lowest BCUT2D eigenvalue weighted by Gasteiger charge is -2.20. The number of unbranched alkanes of at least 4 members (excludes halogenated alkanes) is 1. The van der Waals surface area contributed by atoms with E-state index in [1.807, 2.05) is 31.2 Å². The zero-order valence-electron chi connectivity index (χ0n) is 16.1. The fourth-order valence-electron chi connectivity index (χ4n) is 3.70. The second kappa shape index (κ2) is 12.3. The fraction of sp³-hybridized carbons (Fsp3) is 0.762. The Morgan fingerprint density at radius 3 is 2.58 bits per heavy atom. The molecule has 150 valence electrons. The standard InChI is InChI=1S/C21H36O5/c1-3-9-15(2)18(22)12-8-11-17-16(19(23)14-20(17)24)10-6-4-5-7-13-21(25)26/h4,6,8,11,15-20,22-24H,3,5,7,9-10,12-14H2,1-2H3,(H,25,26)/b6-4-,11-8+/t15?,16-,17-,18?,19+,20-/m1/s1. The first kappa shape index (κ1) is 22.9. The lowest BCUT2D eigenvalue weighted by molar-refractivity contribution is -0.137. The SMILES string of the molecule is CCCC(C)C(O)C/C=C/[C@@H]1[C@@H](C/C=C\CCCC(=O)O)[C@@H](O)C[C@H]1O. The van der Waals surface area contributed by atoms with E-state index in [4.69, 9.17) is 5.11 Å². The lowest BCUT2D eigenvalue weighted by atomic mass is 9.89. The first-order valence-electron chi connectivity index (χ1n) is 9.94. The molecule has 0 bridgehead atoms. The molecule has 0 saturated heterocycles. The van der Waals surface area contributed by atoms with Crippen molar-refractivity contribution >= 4 is 5.97 Å². The molecule has 6 atom stereocenters. The van der Waals surface area contributed by atoms with Gasteiger partial charge < -0.3 is 20.4 Å². The fourth-order valence-corrected chi connectivity index (χ4v) is 3.70. The van der Waals surface area contributed by atoms with Crippen molar-refractivity contribution in [2.75, 3.05) is 0 Å². The van der Waals surface area contributed by atoms with E-state index < -0.39 is 18.2 Å². The van der Waals surface area contributed by atoms with Gasteiger partial charge in [-0.3, -0.25) is 4.79 Å². The molecule has 0 radical (unpaired) electrons. The number of rotatable bonds is 12. The highest BCUT2D eigenvalue weighted by Gasteiger charge is 2.39. The third-order valence-corrected chi connectivity index (χ3v) is 5.39. The Morgan fingerprint density at radius 2 is 1.92 bits per heavy atom. The number of aliphatic carboxylic acids is 1. The van der Waals surface area contributed by atoms with Crippen LogP contribution < -0.4 is 0 Å². The van der Waals surface area contributed by atoms with Crippen molar-refractivity contribution in [1.82, 2.24) is 0 Å². The van der Waals surface area contributed by atoms with Crippen LogP contribution in [0.15, 0.2) is 24.3 Å². The smallest absolute Gasteiger partial charge is 0.303 e. The molecule has 1 aliphatic rings. The number of aliphatic hydroxyl groups is 3. The average molecular weight is 369 g/mol. The topological polar surface area (TPSA) is 98.0 Å². The lowest BCUT2D eigenvalue weighted by Crippen LogP contribution is -2.20. The minimum atomic E-state index is -0.784. The second-order valence-electron chi connectivity index (χ2n) is 7.60. The molecule has 0 aromatic heterocycles. The average Bonchev–Trinajstić information content (AvgIpc) is 2.84. The molecule has 1 fully saturated rings. The van der Waals surface area contributed by atoms with Crippen LogP contribution in [0.2, 0.25) is 0 Å². The zero-order chi connectivity index (χ0) is 19.5. The molecular weight excluding hydrogens is 332 g/mol. The molecule has 0 aliphatic heterocycles. The molecule has 5 nitrogen and oxygen atoms in total. The Kier molecular flexibility index (Phi) is 10.8. The van der Waals surface area contributed by atoms with Gasteiger partial charge in [-0.1, -0.05) is 44.6 Å². The minimum Gasteiger partial charge on any atom is -0.481 e. The molecule has 2 unspecified atom stereocenters. The maximum absolute atomic E-state index is 10.5. The van der Waals surface area contributed by atoms with Crippen LogP contribution >= 0.6 is 0 Å².